The van der Waals surface area contributed by atoms with Crippen LogP contribution in [0.1, 0.15) is 35.3 Å². The molecule has 1 atom stereocenters. The number of nitrogens with zero attached hydrogens (tertiary/aromatic N) is 2. The van der Waals surface area contributed by atoms with Crippen LogP contribution in [0.15, 0.2) is 30.3 Å². The Morgan fingerprint density at radius 2 is 2.00 bits per heavy atom. The van der Waals surface area contributed by atoms with Gasteiger partial charge in [0.15, 0.2) is 0 Å². The highest BCUT2D eigenvalue weighted by atomic mass is 35.5. The van der Waals surface area contributed by atoms with Gasteiger partial charge in [0, 0.05) is 23.3 Å². The van der Waals surface area contributed by atoms with E-state index >= 15 is 0 Å². The van der Waals surface area contributed by atoms with E-state index in [1.54, 1.807) is 0 Å². The average molecular weight is 305 g/mol. The monoisotopic (exact) mass is 304 g/mol. The highest BCUT2D eigenvalue weighted by Gasteiger charge is 2.18. The van der Waals surface area contributed by atoms with E-state index in [4.69, 9.17) is 11.6 Å². The first-order valence-electron chi connectivity index (χ1n) is 7.00. The van der Waals surface area contributed by atoms with Gasteiger partial charge in [-0.05, 0) is 50.1 Å². The van der Waals surface area contributed by atoms with Crippen LogP contribution >= 0.6 is 11.6 Å². The molecule has 112 valence electrons. The van der Waals surface area contributed by atoms with Crippen molar-refractivity contribution in [3.05, 3.63) is 57.7 Å². The molecule has 3 nitrogen and oxygen atoms in total. The van der Waals surface area contributed by atoms with Gasteiger partial charge in [-0.2, -0.15) is 0 Å². The summed E-state index contributed by atoms with van der Waals surface area (Å²) in [4.78, 5) is 6.69. The molecule has 0 saturated heterocycles. The Hall–Kier alpha value is -1.58. The minimum absolute atomic E-state index is 0.0128. The van der Waals surface area contributed by atoms with E-state index in [2.05, 4.69) is 16.8 Å². The maximum atomic E-state index is 9.65. The zero-order valence-electron chi connectivity index (χ0n) is 12.9. The summed E-state index contributed by atoms with van der Waals surface area (Å²) in [6.45, 7) is 6.06. The Balaban J connectivity index is 2.42. The Labute approximate surface area is 131 Å². The summed E-state index contributed by atoms with van der Waals surface area (Å²) in [5.74, 6) is 0.822. The molecule has 0 spiro atoms. The van der Waals surface area contributed by atoms with Crippen molar-refractivity contribution in [2.24, 2.45) is 0 Å². The molecule has 0 aliphatic rings. The van der Waals surface area contributed by atoms with Crippen molar-refractivity contribution >= 4 is 17.4 Å². The van der Waals surface area contributed by atoms with Crippen molar-refractivity contribution in [1.82, 2.24) is 4.98 Å². The van der Waals surface area contributed by atoms with E-state index in [1.807, 2.05) is 51.2 Å². The molecule has 0 amide bonds. The average Bonchev–Trinajstić information content (AvgIpc) is 2.45. The number of anilines is 1. The number of hydrogen-bond acceptors (Lipinski definition) is 3. The van der Waals surface area contributed by atoms with Crippen molar-refractivity contribution in [1.29, 1.82) is 0 Å². The number of hydrogen-bond donors (Lipinski definition) is 1. The molecule has 1 aromatic heterocycles. The lowest BCUT2D eigenvalue weighted by molar-refractivity contribution is 0.280. The van der Waals surface area contributed by atoms with Crippen LogP contribution in [0.25, 0.3) is 0 Å². The Morgan fingerprint density at radius 3 is 2.62 bits per heavy atom. The molecule has 0 fully saturated rings. The van der Waals surface area contributed by atoms with E-state index in [9.17, 15) is 5.11 Å². The summed E-state index contributed by atoms with van der Waals surface area (Å²) >= 11 is 6.07. The first kappa shape index (κ1) is 15.8. The first-order valence-corrected chi connectivity index (χ1v) is 7.38. The van der Waals surface area contributed by atoms with Gasteiger partial charge in [0.2, 0.25) is 0 Å². The third-order valence-corrected chi connectivity index (χ3v) is 4.09. The number of aliphatic hydroxyl groups is 1. The minimum Gasteiger partial charge on any atom is -0.392 e. The second-order valence-electron chi connectivity index (χ2n) is 5.38. The number of halogens is 1. The molecule has 4 heteroatoms. The number of aromatic nitrogens is 1. The third kappa shape index (κ3) is 3.36. The second-order valence-corrected chi connectivity index (χ2v) is 5.82. The van der Waals surface area contributed by atoms with E-state index < -0.39 is 0 Å². The van der Waals surface area contributed by atoms with Crippen LogP contribution < -0.4 is 4.90 Å². The molecule has 1 N–H and O–H groups in total. The molecule has 0 aliphatic carbocycles. The van der Waals surface area contributed by atoms with E-state index in [0.29, 0.717) is 0 Å². The lowest BCUT2D eigenvalue weighted by Gasteiger charge is -2.29. The van der Waals surface area contributed by atoms with Gasteiger partial charge < -0.3 is 10.0 Å². The number of benzene rings is 1. The van der Waals surface area contributed by atoms with Gasteiger partial charge >= 0.3 is 0 Å². The second kappa shape index (κ2) is 6.46. The predicted molar refractivity (Wildman–Crippen MR) is 87.9 cm³/mol. The lowest BCUT2D eigenvalue weighted by Crippen LogP contribution is -2.24. The summed E-state index contributed by atoms with van der Waals surface area (Å²) in [6.07, 6.45) is 0. The Kier molecular flexibility index (Phi) is 4.86. The molecule has 2 rings (SSSR count). The summed E-state index contributed by atoms with van der Waals surface area (Å²) in [5, 5.41) is 10.4. The minimum atomic E-state index is -0.0128. The summed E-state index contributed by atoms with van der Waals surface area (Å²) in [7, 11) is 1.99. The maximum absolute atomic E-state index is 9.65. The van der Waals surface area contributed by atoms with Crippen LogP contribution in [-0.2, 0) is 6.61 Å². The lowest BCUT2D eigenvalue weighted by atomic mass is 10.1. The third-order valence-electron chi connectivity index (χ3n) is 3.86. The fraction of sp³-hybridized carbons (Fsp3) is 0.353. The maximum Gasteiger partial charge on any atom is 0.134 e. The number of aliphatic hydroxyl groups excluding tert-OH is 1. The van der Waals surface area contributed by atoms with Crippen molar-refractivity contribution in [3.8, 4) is 0 Å². The van der Waals surface area contributed by atoms with Gasteiger partial charge in [-0.15, -0.1) is 0 Å². The van der Waals surface area contributed by atoms with Gasteiger partial charge in [-0.1, -0.05) is 23.7 Å². The summed E-state index contributed by atoms with van der Waals surface area (Å²) in [6, 6.07) is 9.93. The van der Waals surface area contributed by atoms with Crippen LogP contribution in [-0.4, -0.2) is 17.1 Å². The molecule has 1 aromatic carbocycles. The number of pyridine rings is 1. The predicted octanol–water partition coefficient (Wildman–Crippen LogP) is 4.04. The van der Waals surface area contributed by atoms with Crippen molar-refractivity contribution in [2.75, 3.05) is 11.9 Å². The Morgan fingerprint density at radius 1 is 1.29 bits per heavy atom. The highest BCUT2D eigenvalue weighted by molar-refractivity contribution is 6.30. The smallest absolute Gasteiger partial charge is 0.134 e. The highest BCUT2D eigenvalue weighted by Crippen LogP contribution is 2.29. The Bertz CT molecular complexity index is 643. The van der Waals surface area contributed by atoms with Gasteiger partial charge in [0.1, 0.15) is 5.82 Å². The van der Waals surface area contributed by atoms with Crippen LogP contribution in [0.3, 0.4) is 0 Å². The largest absolute Gasteiger partial charge is 0.392 e. The van der Waals surface area contributed by atoms with Gasteiger partial charge in [-0.25, -0.2) is 4.98 Å². The van der Waals surface area contributed by atoms with Crippen LogP contribution in [0.5, 0.6) is 0 Å². The van der Waals surface area contributed by atoms with E-state index in [0.717, 1.165) is 33.2 Å². The topological polar surface area (TPSA) is 36.4 Å². The number of aryl methyl sites for hydroxylation is 2. The molecule has 21 heavy (non-hydrogen) atoms. The zero-order valence-corrected chi connectivity index (χ0v) is 13.6. The fourth-order valence-electron chi connectivity index (χ4n) is 2.50. The zero-order chi connectivity index (χ0) is 15.6. The molecule has 0 aliphatic heterocycles. The molecule has 2 aromatic rings. The van der Waals surface area contributed by atoms with Crippen LogP contribution in [0.4, 0.5) is 5.82 Å². The molecular weight excluding hydrogens is 284 g/mol. The van der Waals surface area contributed by atoms with Crippen LogP contribution in [0.2, 0.25) is 5.02 Å². The first-order chi connectivity index (χ1) is 9.93. The molecule has 1 unspecified atom stereocenters. The molecular formula is C17H21ClN2O. The SMILES string of the molecule is Cc1cc(C)c(CO)c(N(C)C(C)c2cccc(Cl)c2)n1. The van der Waals surface area contributed by atoms with Gasteiger partial charge in [0.25, 0.3) is 0 Å². The van der Waals surface area contributed by atoms with Crippen molar-refractivity contribution in [2.45, 2.75) is 33.4 Å². The fourth-order valence-corrected chi connectivity index (χ4v) is 2.70. The van der Waals surface area contributed by atoms with E-state index in [1.165, 1.54) is 0 Å². The van der Waals surface area contributed by atoms with E-state index in [-0.39, 0.29) is 12.6 Å². The molecule has 1 heterocycles. The standard InChI is InChI=1S/C17H21ClN2O/c1-11-8-12(2)19-17(16(11)10-21)20(4)13(3)14-6-5-7-15(18)9-14/h5-9,13,21H,10H2,1-4H3. The van der Waals surface area contributed by atoms with Gasteiger partial charge in [-0.3, -0.25) is 0 Å². The summed E-state index contributed by atoms with van der Waals surface area (Å²) < 4.78 is 0. The summed E-state index contributed by atoms with van der Waals surface area (Å²) in [5.41, 5.74) is 4.00. The number of rotatable bonds is 4. The van der Waals surface area contributed by atoms with Gasteiger partial charge in [0.05, 0.1) is 12.6 Å². The molecule has 0 bridgehead atoms. The molecule has 0 radical (unpaired) electrons. The normalized spacial score (nSPS) is 12.3. The van der Waals surface area contributed by atoms with Crippen molar-refractivity contribution < 1.29 is 5.11 Å². The van der Waals surface area contributed by atoms with Crippen LogP contribution in [0, 0.1) is 13.8 Å². The van der Waals surface area contributed by atoms with Crippen molar-refractivity contribution in [3.63, 3.8) is 0 Å². The quantitative estimate of drug-likeness (QED) is 0.926. The molecule has 0 saturated carbocycles.